The first kappa shape index (κ1) is 46.4. The molecule has 0 saturated heterocycles. The van der Waals surface area contributed by atoms with Crippen molar-refractivity contribution in [1.82, 2.24) is 0 Å². The summed E-state index contributed by atoms with van der Waals surface area (Å²) in [6, 6.07) is 107. The van der Waals surface area contributed by atoms with Gasteiger partial charge in [-0.15, -0.1) is 0 Å². The van der Waals surface area contributed by atoms with Gasteiger partial charge in [-0.1, -0.05) is 238 Å². The standard InChI is InChI=1S/C76H54N2O/c1-75(2)67-35-13-11-32-66(67)73-70(75)38-20-39-71(73)78(57-45-41-52(42-46-57)51-21-5-3-6-22-51)60-28-18-27-59(50-60)77(56-47-43-53(44-48-56)61-33-19-34-65-64-31-12-16-40-72(64)79-74(61)65)58-26-17-25-55(49-58)76(54-23-7-4-8-24-54)68-36-14-9-29-62(68)63-30-10-15-37-69(63)76/h3-50H,1-2H3. The summed E-state index contributed by atoms with van der Waals surface area (Å²) < 4.78 is 6.59. The van der Waals surface area contributed by atoms with E-state index >= 15 is 0 Å². The lowest BCUT2D eigenvalue weighted by Crippen LogP contribution is -2.28. The predicted octanol–water partition coefficient (Wildman–Crippen LogP) is 20.5. The van der Waals surface area contributed by atoms with Gasteiger partial charge in [0.25, 0.3) is 0 Å². The average molecular weight is 1010 g/mol. The molecule has 15 rings (SSSR count). The Bertz CT molecular complexity index is 4410. The molecular formula is C76H54N2O. The lowest BCUT2D eigenvalue weighted by Gasteiger charge is -2.35. The van der Waals surface area contributed by atoms with E-state index in [0.29, 0.717) is 0 Å². The van der Waals surface area contributed by atoms with Gasteiger partial charge in [0.1, 0.15) is 11.2 Å². The summed E-state index contributed by atoms with van der Waals surface area (Å²) in [6.07, 6.45) is 0. The van der Waals surface area contributed by atoms with Crippen molar-refractivity contribution in [2.24, 2.45) is 0 Å². The van der Waals surface area contributed by atoms with Crippen LogP contribution in [0.2, 0.25) is 0 Å². The smallest absolute Gasteiger partial charge is 0.143 e. The third-order valence-electron chi connectivity index (χ3n) is 16.9. The van der Waals surface area contributed by atoms with Gasteiger partial charge >= 0.3 is 0 Å². The number of hydrogen-bond acceptors (Lipinski definition) is 3. The first-order chi connectivity index (χ1) is 38.9. The highest BCUT2D eigenvalue weighted by Crippen LogP contribution is 2.58. The minimum Gasteiger partial charge on any atom is -0.455 e. The number of nitrogens with zero attached hydrogens (tertiary/aromatic N) is 2. The Morgan fingerprint density at radius 1 is 0.304 bits per heavy atom. The third kappa shape index (κ3) is 7.27. The van der Waals surface area contributed by atoms with Crippen molar-refractivity contribution in [3.8, 4) is 44.5 Å². The molecule has 0 atom stereocenters. The van der Waals surface area contributed by atoms with Crippen LogP contribution in [0.5, 0.6) is 0 Å². The molecule has 2 aliphatic rings. The van der Waals surface area contributed by atoms with Crippen LogP contribution in [0.1, 0.15) is 47.2 Å². The molecule has 0 amide bonds. The quantitative estimate of drug-likeness (QED) is 0.136. The number of benzene rings is 12. The number of para-hydroxylation sites is 2. The van der Waals surface area contributed by atoms with Gasteiger partial charge in [0.15, 0.2) is 0 Å². The Kier molecular flexibility index (Phi) is 10.8. The van der Waals surface area contributed by atoms with Crippen molar-refractivity contribution in [1.29, 1.82) is 0 Å². The van der Waals surface area contributed by atoms with Crippen LogP contribution < -0.4 is 9.80 Å². The zero-order valence-electron chi connectivity index (χ0n) is 44.0. The summed E-state index contributed by atoms with van der Waals surface area (Å²) in [5.74, 6) is 0. The monoisotopic (exact) mass is 1010 g/mol. The molecule has 0 radical (unpaired) electrons. The largest absolute Gasteiger partial charge is 0.455 e. The van der Waals surface area contributed by atoms with E-state index in [4.69, 9.17) is 4.42 Å². The molecule has 12 aromatic carbocycles. The molecule has 3 heteroatoms. The highest BCUT2D eigenvalue weighted by atomic mass is 16.3. The van der Waals surface area contributed by atoms with Crippen LogP contribution in [0.3, 0.4) is 0 Å². The van der Waals surface area contributed by atoms with Crippen LogP contribution in [0.25, 0.3) is 66.4 Å². The van der Waals surface area contributed by atoms with Crippen LogP contribution in [0.15, 0.2) is 296 Å². The summed E-state index contributed by atoms with van der Waals surface area (Å²) in [4.78, 5) is 4.91. The second-order valence-electron chi connectivity index (χ2n) is 21.6. The van der Waals surface area contributed by atoms with Gasteiger partial charge in [-0.25, -0.2) is 0 Å². The maximum atomic E-state index is 6.59. The lowest BCUT2D eigenvalue weighted by molar-refractivity contribution is 0.660. The van der Waals surface area contributed by atoms with E-state index in [-0.39, 0.29) is 5.41 Å². The normalized spacial score (nSPS) is 13.4. The topological polar surface area (TPSA) is 19.6 Å². The molecule has 0 aliphatic heterocycles. The third-order valence-corrected chi connectivity index (χ3v) is 16.9. The summed E-state index contributed by atoms with van der Waals surface area (Å²) in [7, 11) is 0. The van der Waals surface area contributed by atoms with Crippen LogP contribution in [-0.4, -0.2) is 0 Å². The van der Waals surface area contributed by atoms with Crippen molar-refractivity contribution in [2.45, 2.75) is 24.7 Å². The summed E-state index contributed by atoms with van der Waals surface area (Å²) in [5, 5.41) is 2.24. The van der Waals surface area contributed by atoms with Gasteiger partial charge in [-0.3, -0.25) is 0 Å². The maximum absolute atomic E-state index is 6.59. The zero-order valence-corrected chi connectivity index (χ0v) is 44.0. The van der Waals surface area contributed by atoms with Gasteiger partial charge in [0.05, 0.1) is 11.1 Å². The molecule has 3 nitrogen and oxygen atoms in total. The second-order valence-corrected chi connectivity index (χ2v) is 21.6. The molecule has 0 fully saturated rings. The highest BCUT2D eigenvalue weighted by Gasteiger charge is 2.46. The van der Waals surface area contributed by atoms with Crippen LogP contribution in [0, 0.1) is 0 Å². The first-order valence-corrected chi connectivity index (χ1v) is 27.4. The van der Waals surface area contributed by atoms with Gasteiger partial charge in [-0.05, 0) is 133 Å². The minimum atomic E-state index is -0.576. The van der Waals surface area contributed by atoms with E-state index in [2.05, 4.69) is 309 Å². The number of rotatable bonds is 10. The van der Waals surface area contributed by atoms with Crippen molar-refractivity contribution < 1.29 is 4.42 Å². The molecule has 79 heavy (non-hydrogen) atoms. The van der Waals surface area contributed by atoms with Crippen LogP contribution in [0.4, 0.5) is 34.1 Å². The first-order valence-electron chi connectivity index (χ1n) is 27.4. The van der Waals surface area contributed by atoms with Crippen LogP contribution in [-0.2, 0) is 10.8 Å². The molecule has 0 unspecified atom stereocenters. The Morgan fingerprint density at radius 3 is 1.51 bits per heavy atom. The van der Waals surface area contributed by atoms with Gasteiger partial charge in [0.2, 0.25) is 0 Å². The maximum Gasteiger partial charge on any atom is 0.143 e. The molecule has 374 valence electrons. The lowest BCUT2D eigenvalue weighted by atomic mass is 9.67. The Balaban J connectivity index is 0.939. The van der Waals surface area contributed by atoms with Gasteiger partial charge in [0, 0.05) is 55.8 Å². The zero-order chi connectivity index (χ0) is 52.7. The fourth-order valence-corrected chi connectivity index (χ4v) is 13.4. The molecule has 0 bridgehead atoms. The molecule has 13 aromatic rings. The summed E-state index contributed by atoms with van der Waals surface area (Å²) >= 11 is 0. The number of hydrogen-bond donors (Lipinski definition) is 0. The SMILES string of the molecule is CC1(C)c2ccccc2-c2c(N(c3ccc(-c4ccccc4)cc3)c3cccc(N(c4ccc(-c5cccc6c5oc5ccccc56)cc4)c4cccc(C5(c6ccccc6)c6ccccc6-c6ccccc65)c4)c3)cccc21. The summed E-state index contributed by atoms with van der Waals surface area (Å²) in [5.41, 5.74) is 24.7. The fourth-order valence-electron chi connectivity index (χ4n) is 13.4. The second kappa shape index (κ2) is 18.4. The minimum absolute atomic E-state index is 0.173. The van der Waals surface area contributed by atoms with Crippen LogP contribution >= 0.6 is 0 Å². The molecular weight excluding hydrogens is 957 g/mol. The molecule has 0 saturated carbocycles. The fraction of sp³-hybridized carbons (Fsp3) is 0.0526. The van der Waals surface area contributed by atoms with Gasteiger partial charge < -0.3 is 14.2 Å². The van der Waals surface area contributed by atoms with Crippen molar-refractivity contribution in [3.63, 3.8) is 0 Å². The van der Waals surface area contributed by atoms with E-state index in [1.54, 1.807) is 0 Å². The van der Waals surface area contributed by atoms with Crippen molar-refractivity contribution in [3.05, 3.63) is 325 Å². The Labute approximate surface area is 461 Å². The van der Waals surface area contributed by atoms with E-state index in [1.165, 1.54) is 66.8 Å². The highest BCUT2D eigenvalue weighted by molar-refractivity contribution is 6.09. The van der Waals surface area contributed by atoms with E-state index in [1.807, 2.05) is 6.07 Å². The number of furan rings is 1. The molecule has 1 heterocycles. The number of anilines is 6. The Hall–Kier alpha value is -9.96. The van der Waals surface area contributed by atoms with Gasteiger partial charge in [-0.2, -0.15) is 0 Å². The molecule has 0 spiro atoms. The number of fused-ring (bicyclic) bond motifs is 9. The summed E-state index contributed by atoms with van der Waals surface area (Å²) in [6.45, 7) is 4.72. The van der Waals surface area contributed by atoms with E-state index in [0.717, 1.165) is 67.2 Å². The molecule has 1 aromatic heterocycles. The predicted molar refractivity (Wildman–Crippen MR) is 329 cm³/mol. The molecule has 0 N–H and O–H groups in total. The van der Waals surface area contributed by atoms with Crippen molar-refractivity contribution in [2.75, 3.05) is 9.80 Å². The van der Waals surface area contributed by atoms with Crippen molar-refractivity contribution >= 4 is 56.1 Å². The molecule has 2 aliphatic carbocycles. The van der Waals surface area contributed by atoms with E-state index in [9.17, 15) is 0 Å². The van der Waals surface area contributed by atoms with E-state index < -0.39 is 5.41 Å². The Morgan fingerprint density at radius 2 is 0.785 bits per heavy atom. The average Bonchev–Trinajstić information content (AvgIpc) is 4.29.